The Labute approximate surface area is 267 Å². The predicted octanol–water partition coefficient (Wildman–Crippen LogP) is 5.71. The van der Waals surface area contributed by atoms with E-state index in [4.69, 9.17) is 14.2 Å². The van der Waals surface area contributed by atoms with Gasteiger partial charge in [-0.15, -0.1) is 4.99 Å². The van der Waals surface area contributed by atoms with Gasteiger partial charge < -0.3 is 24.4 Å². The lowest BCUT2D eigenvalue weighted by molar-refractivity contribution is -0.159. The van der Waals surface area contributed by atoms with Crippen LogP contribution in [0.1, 0.15) is 116 Å². The molecule has 3 saturated carbocycles. The highest BCUT2D eigenvalue weighted by molar-refractivity contribution is 5.99. The molecule has 0 radical (unpaired) electrons. The highest BCUT2D eigenvalue weighted by atomic mass is 16.6. The molecule has 0 aromatic heterocycles. The molecule has 11 nitrogen and oxygen atoms in total. The molecule has 5 rings (SSSR count). The highest BCUT2D eigenvalue weighted by Gasteiger charge is 2.46. The first kappa shape index (κ1) is 33.5. The Hall–Kier alpha value is -2.85. The van der Waals surface area contributed by atoms with Crippen molar-refractivity contribution < 1.29 is 33.4 Å². The third-order valence-electron chi connectivity index (χ3n) is 10.6. The van der Waals surface area contributed by atoms with E-state index in [9.17, 15) is 19.2 Å². The summed E-state index contributed by atoms with van der Waals surface area (Å²) in [5, 5.41) is 5.49. The van der Waals surface area contributed by atoms with Crippen molar-refractivity contribution in [3.8, 4) is 0 Å². The molecule has 2 aliphatic heterocycles. The van der Waals surface area contributed by atoms with E-state index in [2.05, 4.69) is 15.6 Å². The molecule has 45 heavy (non-hydrogen) atoms. The predicted molar refractivity (Wildman–Crippen MR) is 168 cm³/mol. The Bertz CT molecular complexity index is 1030. The molecular weight excluding hydrogens is 576 g/mol. The fraction of sp³-hybridized carbons (Fsp3) is 0.853. The molecule has 5 aliphatic rings. The van der Waals surface area contributed by atoms with Gasteiger partial charge in [0.2, 0.25) is 11.9 Å². The number of β-lactam (4-membered cyclic amide) rings is 1. The molecule has 2 saturated heterocycles. The molecule has 3 atom stereocenters. The second-order valence-electron chi connectivity index (χ2n) is 14.2. The zero-order valence-corrected chi connectivity index (χ0v) is 27.0. The number of guanidine groups is 1. The maximum Gasteiger partial charge on any atom is 0.436 e. The van der Waals surface area contributed by atoms with Gasteiger partial charge in [0, 0.05) is 13.1 Å². The van der Waals surface area contributed by atoms with Gasteiger partial charge in [0.05, 0.1) is 25.7 Å². The standard InChI is InChI=1S/C34H54N4O7/c39-30-28(29(35-30)31(40)43-21-24-11-4-1-5-12-24)19-27-17-10-18-38(20-27)32(36-33(41)44-22-25-13-6-2-7-14-25)37-34(42)45-23-26-15-8-3-9-16-26/h24-29H,1-23H2,(H,35,39)(H,36,37,41,42)/t27-,28+,29?/m0/s1. The number of likely N-dealkylation sites (tertiary alicyclic amines) is 1. The van der Waals surface area contributed by atoms with Crippen LogP contribution < -0.4 is 10.6 Å². The Morgan fingerprint density at radius 1 is 0.711 bits per heavy atom. The number of ether oxygens (including phenoxy) is 3. The van der Waals surface area contributed by atoms with Crippen LogP contribution in [0.3, 0.4) is 0 Å². The van der Waals surface area contributed by atoms with Crippen LogP contribution in [0, 0.1) is 29.6 Å². The Balaban J connectivity index is 1.16. The number of hydrogen-bond donors (Lipinski definition) is 2. The van der Waals surface area contributed by atoms with E-state index in [0.717, 1.165) is 77.0 Å². The van der Waals surface area contributed by atoms with E-state index in [1.54, 1.807) is 0 Å². The van der Waals surface area contributed by atoms with Crippen molar-refractivity contribution in [3.63, 3.8) is 0 Å². The monoisotopic (exact) mass is 630 g/mol. The van der Waals surface area contributed by atoms with Crippen molar-refractivity contribution >= 4 is 30.0 Å². The molecule has 0 aromatic carbocycles. The fourth-order valence-corrected chi connectivity index (χ4v) is 7.85. The average Bonchev–Trinajstić information content (AvgIpc) is 3.08. The summed E-state index contributed by atoms with van der Waals surface area (Å²) in [6.07, 6.45) is 17.9. The summed E-state index contributed by atoms with van der Waals surface area (Å²) in [5.74, 6) is 0.418. The minimum absolute atomic E-state index is 0.0759. The van der Waals surface area contributed by atoms with Crippen molar-refractivity contribution in [2.24, 2.45) is 34.6 Å². The van der Waals surface area contributed by atoms with E-state index >= 15 is 0 Å². The molecule has 252 valence electrons. The summed E-state index contributed by atoms with van der Waals surface area (Å²) < 4.78 is 16.7. The quantitative estimate of drug-likeness (QED) is 0.109. The number of esters is 1. The number of carbonyl (C=O) groups excluding carboxylic acids is 4. The van der Waals surface area contributed by atoms with Crippen LogP contribution in [0.4, 0.5) is 9.59 Å². The van der Waals surface area contributed by atoms with E-state index in [-0.39, 0.29) is 23.8 Å². The van der Waals surface area contributed by atoms with Gasteiger partial charge in [-0.3, -0.25) is 10.1 Å². The van der Waals surface area contributed by atoms with Gasteiger partial charge in [-0.25, -0.2) is 14.4 Å². The minimum Gasteiger partial charge on any atom is -0.464 e. The molecule has 2 heterocycles. The van der Waals surface area contributed by atoms with Crippen molar-refractivity contribution in [2.45, 2.75) is 122 Å². The number of hydrogen-bond acceptors (Lipinski definition) is 7. The topological polar surface area (TPSA) is 136 Å². The van der Waals surface area contributed by atoms with E-state index in [1.807, 2.05) is 4.90 Å². The SMILES string of the molecule is O=C(/N=C(\NC(=O)OCC1CCCCC1)N1CCC[C@@H](C[C@H]2C(=O)NC2C(=O)OCC2CCCCC2)C1)OCC1CCCCC1. The largest absolute Gasteiger partial charge is 0.464 e. The van der Waals surface area contributed by atoms with E-state index in [1.165, 1.54) is 32.1 Å². The summed E-state index contributed by atoms with van der Waals surface area (Å²) in [5.41, 5.74) is 0. The average molecular weight is 631 g/mol. The van der Waals surface area contributed by atoms with Crippen LogP contribution in [0.25, 0.3) is 0 Å². The van der Waals surface area contributed by atoms with Crippen LogP contribution in [0.2, 0.25) is 0 Å². The summed E-state index contributed by atoms with van der Waals surface area (Å²) >= 11 is 0. The molecule has 0 aromatic rings. The second kappa shape index (κ2) is 17.2. The number of rotatable bonds is 9. The number of alkyl carbamates (subject to hydrolysis) is 1. The second-order valence-corrected chi connectivity index (χ2v) is 14.2. The number of nitrogens with zero attached hydrogens (tertiary/aromatic N) is 2. The molecule has 3 amide bonds. The lowest BCUT2D eigenvalue weighted by Crippen LogP contribution is -2.63. The maximum atomic E-state index is 12.9. The van der Waals surface area contributed by atoms with Gasteiger partial charge in [0.25, 0.3) is 0 Å². The van der Waals surface area contributed by atoms with Gasteiger partial charge in [0.15, 0.2) is 0 Å². The van der Waals surface area contributed by atoms with Crippen molar-refractivity contribution in [1.29, 1.82) is 0 Å². The first-order valence-corrected chi connectivity index (χ1v) is 17.9. The molecule has 5 fully saturated rings. The lowest BCUT2D eigenvalue weighted by Gasteiger charge is -2.40. The number of carbonyl (C=O) groups is 4. The first-order chi connectivity index (χ1) is 21.9. The van der Waals surface area contributed by atoms with Crippen LogP contribution in [0.15, 0.2) is 4.99 Å². The third-order valence-corrected chi connectivity index (χ3v) is 10.6. The maximum absolute atomic E-state index is 12.9. The van der Waals surface area contributed by atoms with Gasteiger partial charge >= 0.3 is 18.2 Å². The molecule has 1 unspecified atom stereocenters. The Morgan fingerprint density at radius 3 is 1.82 bits per heavy atom. The molecule has 11 heteroatoms. The number of piperidine rings is 1. The fourth-order valence-electron chi connectivity index (χ4n) is 7.85. The zero-order chi connectivity index (χ0) is 31.4. The lowest BCUT2D eigenvalue weighted by atomic mass is 9.80. The molecule has 3 aliphatic carbocycles. The first-order valence-electron chi connectivity index (χ1n) is 17.9. The zero-order valence-electron chi connectivity index (χ0n) is 27.0. The van der Waals surface area contributed by atoms with Gasteiger partial charge in [-0.1, -0.05) is 57.8 Å². The molecule has 0 bridgehead atoms. The summed E-state index contributed by atoms with van der Waals surface area (Å²) in [4.78, 5) is 57.2. The van der Waals surface area contributed by atoms with Crippen LogP contribution in [-0.4, -0.2) is 73.9 Å². The summed E-state index contributed by atoms with van der Waals surface area (Å²) in [6.45, 7) is 2.19. The number of nitrogens with one attached hydrogen (secondary N) is 2. The van der Waals surface area contributed by atoms with Crippen LogP contribution >= 0.6 is 0 Å². The number of aliphatic imine (C=N–C) groups is 1. The third kappa shape index (κ3) is 10.3. The van der Waals surface area contributed by atoms with Gasteiger partial charge in [-0.05, 0) is 81.5 Å². The summed E-state index contributed by atoms with van der Waals surface area (Å²) in [6, 6.07) is -0.618. The molecular formula is C34H54N4O7. The van der Waals surface area contributed by atoms with Crippen molar-refractivity contribution in [1.82, 2.24) is 15.5 Å². The van der Waals surface area contributed by atoms with Crippen molar-refractivity contribution in [3.05, 3.63) is 0 Å². The van der Waals surface area contributed by atoms with Gasteiger partial charge in [-0.2, -0.15) is 0 Å². The Kier molecular flexibility index (Phi) is 12.8. The van der Waals surface area contributed by atoms with E-state index in [0.29, 0.717) is 57.1 Å². The minimum atomic E-state index is -0.718. The van der Waals surface area contributed by atoms with Crippen molar-refractivity contribution in [2.75, 3.05) is 32.9 Å². The number of amides is 3. The highest BCUT2D eigenvalue weighted by Crippen LogP contribution is 2.31. The summed E-state index contributed by atoms with van der Waals surface area (Å²) in [7, 11) is 0. The van der Waals surface area contributed by atoms with E-state index < -0.39 is 24.1 Å². The molecule has 0 spiro atoms. The smallest absolute Gasteiger partial charge is 0.436 e. The normalized spacial score (nSPS) is 27.2. The molecule has 2 N–H and O–H groups in total. The van der Waals surface area contributed by atoms with Crippen LogP contribution in [-0.2, 0) is 23.8 Å². The van der Waals surface area contributed by atoms with Crippen LogP contribution in [0.5, 0.6) is 0 Å². The van der Waals surface area contributed by atoms with Gasteiger partial charge in [0.1, 0.15) is 6.04 Å². The Morgan fingerprint density at radius 2 is 1.24 bits per heavy atom.